The molecule has 4 nitrogen and oxygen atoms in total. The first-order valence-corrected chi connectivity index (χ1v) is 9.70. The number of nitrogens with one attached hydrogen (secondary N) is 1. The predicted octanol–water partition coefficient (Wildman–Crippen LogP) is 4.74. The Morgan fingerprint density at radius 2 is 1.78 bits per heavy atom. The Morgan fingerprint density at radius 3 is 2.41 bits per heavy atom. The highest BCUT2D eigenvalue weighted by atomic mass is 35.5. The van der Waals surface area contributed by atoms with E-state index >= 15 is 0 Å². The van der Waals surface area contributed by atoms with Crippen LogP contribution >= 0.6 is 34.8 Å². The summed E-state index contributed by atoms with van der Waals surface area (Å²) in [4.78, 5) is 26.8. The highest BCUT2D eigenvalue weighted by molar-refractivity contribution is 6.42. The summed E-state index contributed by atoms with van der Waals surface area (Å²) in [5, 5.41) is 4.17. The third kappa shape index (κ3) is 6.13. The van der Waals surface area contributed by atoms with Crippen molar-refractivity contribution in [1.82, 2.24) is 10.2 Å². The van der Waals surface area contributed by atoms with Crippen molar-refractivity contribution in [2.45, 2.75) is 32.9 Å². The van der Waals surface area contributed by atoms with Gasteiger partial charge in [0.2, 0.25) is 11.8 Å². The number of benzene rings is 2. The van der Waals surface area contributed by atoms with Crippen molar-refractivity contribution in [1.29, 1.82) is 0 Å². The van der Waals surface area contributed by atoms with E-state index in [4.69, 9.17) is 34.8 Å². The van der Waals surface area contributed by atoms with Crippen LogP contribution < -0.4 is 5.32 Å². The first-order chi connectivity index (χ1) is 12.8. The largest absolute Gasteiger partial charge is 0.355 e. The molecule has 2 aromatic carbocycles. The molecule has 0 aliphatic rings. The number of carbonyl (C=O) groups is 2. The van der Waals surface area contributed by atoms with Crippen LogP contribution in [0.4, 0.5) is 0 Å². The zero-order valence-electron chi connectivity index (χ0n) is 15.1. The van der Waals surface area contributed by atoms with Gasteiger partial charge in [0.05, 0.1) is 16.5 Å². The Hall–Kier alpha value is -1.75. The van der Waals surface area contributed by atoms with Crippen LogP contribution in [0.1, 0.15) is 25.0 Å². The van der Waals surface area contributed by atoms with Crippen LogP contribution in [-0.2, 0) is 22.6 Å². The minimum atomic E-state index is -0.633. The van der Waals surface area contributed by atoms with Crippen molar-refractivity contribution < 1.29 is 9.59 Å². The van der Waals surface area contributed by atoms with Gasteiger partial charge in [0.1, 0.15) is 6.04 Å². The average Bonchev–Trinajstić information content (AvgIpc) is 2.62. The van der Waals surface area contributed by atoms with Crippen LogP contribution in [0.25, 0.3) is 0 Å². The molecule has 0 aromatic heterocycles. The van der Waals surface area contributed by atoms with E-state index in [-0.39, 0.29) is 24.8 Å². The van der Waals surface area contributed by atoms with E-state index in [1.54, 1.807) is 43.3 Å². The molecule has 1 unspecified atom stereocenters. The van der Waals surface area contributed by atoms with Gasteiger partial charge >= 0.3 is 0 Å². The van der Waals surface area contributed by atoms with Crippen molar-refractivity contribution in [2.75, 3.05) is 6.54 Å². The molecule has 0 aliphatic carbocycles. The number of rotatable bonds is 7. The standard InChI is InChI=1S/C20H21Cl3N2O2/c1-3-24-20(27)13(2)25(12-15-7-8-17(22)18(23)10-15)19(26)11-14-5-4-6-16(21)9-14/h4-10,13H,3,11-12H2,1-2H3,(H,24,27). The average molecular weight is 428 g/mol. The maximum Gasteiger partial charge on any atom is 0.242 e. The lowest BCUT2D eigenvalue weighted by atomic mass is 10.1. The first-order valence-electron chi connectivity index (χ1n) is 8.57. The maximum absolute atomic E-state index is 13.0. The van der Waals surface area contributed by atoms with Gasteiger partial charge in [0, 0.05) is 18.1 Å². The Labute approximate surface area is 174 Å². The lowest BCUT2D eigenvalue weighted by Crippen LogP contribution is -2.48. The van der Waals surface area contributed by atoms with Gasteiger partial charge in [-0.25, -0.2) is 0 Å². The van der Waals surface area contributed by atoms with E-state index in [1.807, 2.05) is 13.0 Å². The van der Waals surface area contributed by atoms with Crippen molar-refractivity contribution in [3.8, 4) is 0 Å². The van der Waals surface area contributed by atoms with Crippen LogP contribution in [-0.4, -0.2) is 29.3 Å². The van der Waals surface area contributed by atoms with Crippen LogP contribution in [0, 0.1) is 0 Å². The first kappa shape index (κ1) is 21.5. The quantitative estimate of drug-likeness (QED) is 0.693. The summed E-state index contributed by atoms with van der Waals surface area (Å²) < 4.78 is 0. The van der Waals surface area contributed by atoms with E-state index in [2.05, 4.69) is 5.32 Å². The molecule has 144 valence electrons. The Balaban J connectivity index is 2.26. The monoisotopic (exact) mass is 426 g/mol. The Morgan fingerprint density at radius 1 is 1.04 bits per heavy atom. The topological polar surface area (TPSA) is 49.4 Å². The van der Waals surface area contributed by atoms with Gasteiger partial charge in [-0.3, -0.25) is 9.59 Å². The third-order valence-electron chi connectivity index (χ3n) is 4.10. The molecule has 0 saturated heterocycles. The molecule has 1 N–H and O–H groups in total. The van der Waals surface area contributed by atoms with Crippen LogP contribution in [0.5, 0.6) is 0 Å². The fourth-order valence-corrected chi connectivity index (χ4v) is 3.20. The number of nitrogens with zero attached hydrogens (tertiary/aromatic N) is 1. The summed E-state index contributed by atoms with van der Waals surface area (Å²) in [6.07, 6.45) is 0.144. The number of amides is 2. The molecule has 0 aliphatic heterocycles. The molecule has 0 bridgehead atoms. The molecule has 2 aromatic rings. The second kappa shape index (κ2) is 9.98. The molecular formula is C20H21Cl3N2O2. The highest BCUT2D eigenvalue weighted by Gasteiger charge is 2.26. The second-order valence-corrected chi connectivity index (χ2v) is 7.40. The summed E-state index contributed by atoms with van der Waals surface area (Å²) in [5.74, 6) is -0.390. The molecule has 2 amide bonds. The van der Waals surface area contributed by atoms with Crippen molar-refractivity contribution in [3.05, 3.63) is 68.7 Å². The molecular weight excluding hydrogens is 407 g/mol. The van der Waals surface area contributed by atoms with Gasteiger partial charge in [0.25, 0.3) is 0 Å². The van der Waals surface area contributed by atoms with Gasteiger partial charge < -0.3 is 10.2 Å². The maximum atomic E-state index is 13.0. The molecule has 1 atom stereocenters. The van der Waals surface area contributed by atoms with Gasteiger partial charge in [0.15, 0.2) is 0 Å². The summed E-state index contributed by atoms with van der Waals surface area (Å²) in [6, 6.07) is 11.7. The zero-order valence-corrected chi connectivity index (χ0v) is 17.4. The highest BCUT2D eigenvalue weighted by Crippen LogP contribution is 2.24. The summed E-state index contributed by atoms with van der Waals surface area (Å²) in [6.45, 7) is 4.28. The van der Waals surface area contributed by atoms with Crippen LogP contribution in [0.15, 0.2) is 42.5 Å². The molecule has 0 saturated carbocycles. The SMILES string of the molecule is CCNC(=O)C(C)N(Cc1ccc(Cl)c(Cl)c1)C(=O)Cc1cccc(Cl)c1. The molecule has 0 fully saturated rings. The van der Waals surface area contributed by atoms with Gasteiger partial charge in [-0.15, -0.1) is 0 Å². The van der Waals surface area contributed by atoms with Gasteiger partial charge in [-0.05, 0) is 49.2 Å². The van der Waals surface area contributed by atoms with Crippen molar-refractivity contribution in [3.63, 3.8) is 0 Å². The van der Waals surface area contributed by atoms with E-state index in [0.29, 0.717) is 21.6 Å². The minimum Gasteiger partial charge on any atom is -0.355 e. The summed E-state index contributed by atoms with van der Waals surface area (Å²) in [5.41, 5.74) is 1.58. The van der Waals surface area contributed by atoms with Crippen LogP contribution in [0.3, 0.4) is 0 Å². The van der Waals surface area contributed by atoms with E-state index in [9.17, 15) is 9.59 Å². The summed E-state index contributed by atoms with van der Waals surface area (Å²) >= 11 is 18.1. The van der Waals surface area contributed by atoms with E-state index < -0.39 is 6.04 Å². The number of likely N-dealkylation sites (N-methyl/N-ethyl adjacent to an activating group) is 1. The minimum absolute atomic E-state index is 0.144. The number of hydrogen-bond acceptors (Lipinski definition) is 2. The lowest BCUT2D eigenvalue weighted by molar-refractivity contribution is -0.140. The summed E-state index contributed by atoms with van der Waals surface area (Å²) in [7, 11) is 0. The number of hydrogen-bond donors (Lipinski definition) is 1. The second-order valence-electron chi connectivity index (χ2n) is 6.15. The number of halogens is 3. The molecule has 0 radical (unpaired) electrons. The molecule has 2 rings (SSSR count). The predicted molar refractivity (Wildman–Crippen MR) is 110 cm³/mol. The smallest absolute Gasteiger partial charge is 0.242 e. The molecule has 0 heterocycles. The normalized spacial score (nSPS) is 11.7. The number of carbonyl (C=O) groups excluding carboxylic acids is 2. The Bertz CT molecular complexity index is 827. The van der Waals surface area contributed by atoms with Gasteiger partial charge in [-0.1, -0.05) is 53.0 Å². The van der Waals surface area contributed by atoms with Crippen molar-refractivity contribution in [2.24, 2.45) is 0 Å². The fraction of sp³-hybridized carbons (Fsp3) is 0.300. The van der Waals surface area contributed by atoms with E-state index in [0.717, 1.165) is 11.1 Å². The molecule has 0 spiro atoms. The molecule has 27 heavy (non-hydrogen) atoms. The fourth-order valence-electron chi connectivity index (χ4n) is 2.66. The van der Waals surface area contributed by atoms with E-state index in [1.165, 1.54) is 4.90 Å². The van der Waals surface area contributed by atoms with Crippen molar-refractivity contribution >= 4 is 46.6 Å². The zero-order chi connectivity index (χ0) is 20.0. The Kier molecular flexibility index (Phi) is 7.96. The molecule has 7 heteroatoms. The van der Waals surface area contributed by atoms with Crippen LogP contribution in [0.2, 0.25) is 15.1 Å². The third-order valence-corrected chi connectivity index (χ3v) is 5.07. The lowest BCUT2D eigenvalue weighted by Gasteiger charge is -2.29. The van der Waals surface area contributed by atoms with Gasteiger partial charge in [-0.2, -0.15) is 0 Å².